The van der Waals surface area contributed by atoms with Crippen molar-refractivity contribution in [1.82, 2.24) is 24.9 Å². The molecule has 4 rings (SSSR count). The van der Waals surface area contributed by atoms with Gasteiger partial charge in [0.05, 0.1) is 12.0 Å². The largest absolute Gasteiger partial charge is 0.461 e. The van der Waals surface area contributed by atoms with E-state index in [1.54, 1.807) is 36.6 Å². The molecule has 0 amide bonds. The van der Waals surface area contributed by atoms with Crippen LogP contribution in [0.4, 0.5) is 10.2 Å². The quantitative estimate of drug-likeness (QED) is 0.573. The lowest BCUT2D eigenvalue weighted by molar-refractivity contribution is 0.577. The number of fused-ring (bicyclic) bond motifs is 1. The second-order valence-electron chi connectivity index (χ2n) is 5.89. The van der Waals surface area contributed by atoms with E-state index in [2.05, 4.69) is 20.4 Å². The van der Waals surface area contributed by atoms with Crippen LogP contribution < -0.4 is 11.1 Å². The summed E-state index contributed by atoms with van der Waals surface area (Å²) >= 11 is 0. The molecule has 26 heavy (non-hydrogen) atoms. The van der Waals surface area contributed by atoms with E-state index in [-0.39, 0.29) is 5.82 Å². The summed E-state index contributed by atoms with van der Waals surface area (Å²) in [6.45, 7) is 2.70. The van der Waals surface area contributed by atoms with Gasteiger partial charge < -0.3 is 15.5 Å². The van der Waals surface area contributed by atoms with Crippen LogP contribution in [0, 0.1) is 12.7 Å². The highest BCUT2D eigenvalue weighted by molar-refractivity contribution is 5.55. The van der Waals surface area contributed by atoms with Crippen molar-refractivity contribution in [1.29, 1.82) is 0 Å². The van der Waals surface area contributed by atoms with Crippen molar-refractivity contribution in [2.75, 3.05) is 5.73 Å². The Hall–Kier alpha value is -3.26. The minimum atomic E-state index is -0.236. The summed E-state index contributed by atoms with van der Waals surface area (Å²) in [5.41, 5.74) is 8.33. The van der Waals surface area contributed by atoms with Crippen molar-refractivity contribution >= 4 is 11.6 Å². The van der Waals surface area contributed by atoms with Crippen molar-refractivity contribution in [3.63, 3.8) is 0 Å². The van der Waals surface area contributed by atoms with Gasteiger partial charge in [0.2, 0.25) is 5.82 Å². The molecule has 0 atom stereocenters. The smallest absolute Gasteiger partial charge is 0.255 e. The predicted molar refractivity (Wildman–Crippen MR) is 94.6 cm³/mol. The van der Waals surface area contributed by atoms with Gasteiger partial charge in [-0.2, -0.15) is 9.50 Å². The van der Waals surface area contributed by atoms with E-state index in [0.29, 0.717) is 41.8 Å². The Labute approximate surface area is 148 Å². The van der Waals surface area contributed by atoms with Crippen LogP contribution in [0.1, 0.15) is 16.8 Å². The third-order valence-electron chi connectivity index (χ3n) is 4.18. The SMILES string of the molecule is Cc1c(CNCc2ccccc2F)nc2nc(-c3ccco3)nn2c1N. The molecule has 3 N–H and O–H groups in total. The molecule has 132 valence electrons. The van der Waals surface area contributed by atoms with Crippen LogP contribution in [0.2, 0.25) is 0 Å². The molecule has 0 aliphatic rings. The Balaban J connectivity index is 1.59. The molecule has 3 heterocycles. The maximum absolute atomic E-state index is 13.7. The molecule has 0 saturated heterocycles. The molecule has 0 fully saturated rings. The number of nitrogens with one attached hydrogen (secondary N) is 1. The fourth-order valence-corrected chi connectivity index (χ4v) is 2.69. The van der Waals surface area contributed by atoms with Gasteiger partial charge in [0.15, 0.2) is 5.76 Å². The Bertz CT molecular complexity index is 1060. The Morgan fingerprint density at radius 3 is 2.77 bits per heavy atom. The second-order valence-corrected chi connectivity index (χ2v) is 5.89. The number of nitrogen functional groups attached to an aromatic ring is 1. The molecule has 7 nitrogen and oxygen atoms in total. The lowest BCUT2D eigenvalue weighted by Crippen LogP contribution is -2.17. The third kappa shape index (κ3) is 2.91. The van der Waals surface area contributed by atoms with E-state index in [9.17, 15) is 4.39 Å². The molecule has 0 radical (unpaired) electrons. The van der Waals surface area contributed by atoms with Gasteiger partial charge in [-0.05, 0) is 25.1 Å². The Morgan fingerprint density at radius 1 is 1.15 bits per heavy atom. The van der Waals surface area contributed by atoms with Crippen LogP contribution in [0.25, 0.3) is 17.4 Å². The summed E-state index contributed by atoms with van der Waals surface area (Å²) in [4.78, 5) is 8.91. The molecule has 3 aromatic heterocycles. The number of hydrogen-bond donors (Lipinski definition) is 2. The first-order chi connectivity index (χ1) is 12.6. The molecule has 0 bridgehead atoms. The van der Waals surface area contributed by atoms with Crippen LogP contribution >= 0.6 is 0 Å². The first-order valence-electron chi connectivity index (χ1n) is 8.13. The van der Waals surface area contributed by atoms with Gasteiger partial charge >= 0.3 is 0 Å². The molecular weight excluding hydrogens is 335 g/mol. The number of rotatable bonds is 5. The number of anilines is 1. The average molecular weight is 352 g/mol. The maximum atomic E-state index is 13.7. The van der Waals surface area contributed by atoms with E-state index in [1.165, 1.54) is 10.6 Å². The number of furan rings is 1. The highest BCUT2D eigenvalue weighted by Gasteiger charge is 2.15. The zero-order chi connectivity index (χ0) is 18.1. The second kappa shape index (κ2) is 6.57. The zero-order valence-electron chi connectivity index (χ0n) is 14.1. The summed E-state index contributed by atoms with van der Waals surface area (Å²) in [7, 11) is 0. The average Bonchev–Trinajstić information content (AvgIpc) is 3.30. The van der Waals surface area contributed by atoms with E-state index >= 15 is 0 Å². The Morgan fingerprint density at radius 2 is 2.00 bits per heavy atom. The monoisotopic (exact) mass is 352 g/mol. The standard InChI is InChI=1S/C18H17FN6O/c1-11-14(10-21-9-12-5-2-3-6-13(12)19)22-18-23-17(15-7-4-8-26-15)24-25(18)16(11)20/h2-8,21H,9-10,20H2,1H3. The van der Waals surface area contributed by atoms with Crippen molar-refractivity contribution in [3.8, 4) is 11.6 Å². The summed E-state index contributed by atoms with van der Waals surface area (Å²) in [6.07, 6.45) is 1.56. The highest BCUT2D eigenvalue weighted by Crippen LogP contribution is 2.20. The lowest BCUT2D eigenvalue weighted by Gasteiger charge is -2.10. The molecule has 0 aliphatic heterocycles. The fraction of sp³-hybridized carbons (Fsp3) is 0.167. The number of halogens is 1. The summed E-state index contributed by atoms with van der Waals surface area (Å²) in [5, 5.41) is 7.54. The molecule has 1 aromatic carbocycles. The zero-order valence-corrected chi connectivity index (χ0v) is 14.1. The Kier molecular flexibility index (Phi) is 4.10. The number of aromatic nitrogens is 4. The van der Waals surface area contributed by atoms with Crippen LogP contribution in [-0.2, 0) is 13.1 Å². The van der Waals surface area contributed by atoms with Gasteiger partial charge in [-0.25, -0.2) is 9.37 Å². The first-order valence-corrected chi connectivity index (χ1v) is 8.13. The summed E-state index contributed by atoms with van der Waals surface area (Å²) < 4.78 is 20.5. The summed E-state index contributed by atoms with van der Waals surface area (Å²) in [6, 6.07) is 10.2. The van der Waals surface area contributed by atoms with E-state index in [4.69, 9.17) is 10.2 Å². The predicted octanol–water partition coefficient (Wildman–Crippen LogP) is 2.70. The van der Waals surface area contributed by atoms with Gasteiger partial charge in [-0.3, -0.25) is 0 Å². The summed E-state index contributed by atoms with van der Waals surface area (Å²) in [5.74, 6) is 1.59. The first kappa shape index (κ1) is 16.2. The van der Waals surface area contributed by atoms with E-state index in [0.717, 1.165) is 11.3 Å². The van der Waals surface area contributed by atoms with Crippen LogP contribution in [0.15, 0.2) is 47.1 Å². The van der Waals surface area contributed by atoms with Gasteiger partial charge in [0.25, 0.3) is 5.78 Å². The molecule has 4 aromatic rings. The molecule has 0 aliphatic carbocycles. The van der Waals surface area contributed by atoms with Gasteiger partial charge in [0.1, 0.15) is 11.6 Å². The van der Waals surface area contributed by atoms with Gasteiger partial charge in [-0.1, -0.05) is 18.2 Å². The highest BCUT2D eigenvalue weighted by atomic mass is 19.1. The molecule has 8 heteroatoms. The lowest BCUT2D eigenvalue weighted by atomic mass is 10.2. The van der Waals surface area contributed by atoms with E-state index in [1.807, 2.05) is 6.92 Å². The third-order valence-corrected chi connectivity index (χ3v) is 4.18. The van der Waals surface area contributed by atoms with Crippen LogP contribution in [-0.4, -0.2) is 19.6 Å². The van der Waals surface area contributed by atoms with Crippen molar-refractivity contribution in [3.05, 3.63) is 65.3 Å². The maximum Gasteiger partial charge on any atom is 0.255 e. The van der Waals surface area contributed by atoms with E-state index < -0.39 is 0 Å². The number of hydrogen-bond acceptors (Lipinski definition) is 6. The minimum absolute atomic E-state index is 0.236. The number of nitrogens with two attached hydrogens (primary N) is 1. The van der Waals surface area contributed by atoms with Crippen LogP contribution in [0.3, 0.4) is 0 Å². The minimum Gasteiger partial charge on any atom is -0.461 e. The number of benzene rings is 1. The van der Waals surface area contributed by atoms with Crippen LogP contribution in [0.5, 0.6) is 0 Å². The van der Waals surface area contributed by atoms with Crippen molar-refractivity contribution in [2.45, 2.75) is 20.0 Å². The molecule has 0 saturated carbocycles. The van der Waals surface area contributed by atoms with Gasteiger partial charge in [-0.15, -0.1) is 5.10 Å². The molecular formula is C18H17FN6O. The molecule has 0 unspecified atom stereocenters. The van der Waals surface area contributed by atoms with Crippen molar-refractivity contribution < 1.29 is 8.81 Å². The fourth-order valence-electron chi connectivity index (χ4n) is 2.69. The normalized spacial score (nSPS) is 11.3. The molecule has 0 spiro atoms. The van der Waals surface area contributed by atoms with Crippen molar-refractivity contribution in [2.24, 2.45) is 0 Å². The number of nitrogens with zero attached hydrogens (tertiary/aromatic N) is 4. The van der Waals surface area contributed by atoms with Gasteiger partial charge in [0, 0.05) is 24.2 Å². The topological polar surface area (TPSA) is 94.3 Å².